The van der Waals surface area contributed by atoms with E-state index in [2.05, 4.69) is 0 Å². The highest BCUT2D eigenvalue weighted by Gasteiger charge is 2.14. The molecule has 5 heteroatoms. The first-order valence-corrected chi connectivity index (χ1v) is 4.09. The molecular formula is C9H9N3O2. The molecule has 0 atom stereocenters. The van der Waals surface area contributed by atoms with Gasteiger partial charge in [0.1, 0.15) is 5.69 Å². The van der Waals surface area contributed by atoms with E-state index in [1.165, 1.54) is 16.0 Å². The number of nitrogens with two attached hydrogens (primary N) is 1. The minimum Gasteiger partial charge on any atom is -0.364 e. The van der Waals surface area contributed by atoms with E-state index in [4.69, 9.17) is 5.73 Å². The van der Waals surface area contributed by atoms with E-state index in [1.807, 2.05) is 0 Å². The summed E-state index contributed by atoms with van der Waals surface area (Å²) in [4.78, 5) is 22.7. The van der Waals surface area contributed by atoms with Crippen LogP contribution in [0.25, 0.3) is 5.52 Å². The van der Waals surface area contributed by atoms with Crippen LogP contribution in [0.2, 0.25) is 0 Å². The quantitative estimate of drug-likeness (QED) is 0.674. The van der Waals surface area contributed by atoms with Crippen molar-refractivity contribution in [2.24, 2.45) is 12.8 Å². The lowest BCUT2D eigenvalue weighted by atomic mass is 10.3. The Morgan fingerprint density at radius 3 is 2.79 bits per heavy atom. The molecule has 0 radical (unpaired) electrons. The molecule has 2 rings (SSSR count). The van der Waals surface area contributed by atoms with E-state index < -0.39 is 5.91 Å². The summed E-state index contributed by atoms with van der Waals surface area (Å²) in [6.45, 7) is 0. The molecule has 0 saturated carbocycles. The van der Waals surface area contributed by atoms with Crippen LogP contribution < -0.4 is 11.4 Å². The number of rotatable bonds is 1. The monoisotopic (exact) mass is 191 g/mol. The molecule has 14 heavy (non-hydrogen) atoms. The third-order valence-electron chi connectivity index (χ3n) is 2.16. The first kappa shape index (κ1) is 8.55. The van der Waals surface area contributed by atoms with Gasteiger partial charge in [0, 0.05) is 13.2 Å². The Labute approximate surface area is 79.4 Å². The number of hydrogen-bond acceptors (Lipinski definition) is 2. The van der Waals surface area contributed by atoms with Crippen LogP contribution in [0.5, 0.6) is 0 Å². The minimum atomic E-state index is -0.599. The number of amides is 1. The number of nitrogens with zero attached hydrogens (tertiary/aromatic N) is 2. The van der Waals surface area contributed by atoms with E-state index in [0.29, 0.717) is 5.52 Å². The molecule has 2 aromatic rings. The molecule has 0 unspecified atom stereocenters. The van der Waals surface area contributed by atoms with Gasteiger partial charge in [0.25, 0.3) is 5.91 Å². The molecule has 1 amide bonds. The smallest absolute Gasteiger partial charge is 0.333 e. The van der Waals surface area contributed by atoms with Crippen LogP contribution in [0.15, 0.2) is 29.2 Å². The fraction of sp³-hybridized carbons (Fsp3) is 0.111. The molecule has 2 heterocycles. The van der Waals surface area contributed by atoms with E-state index in [0.717, 1.165) is 0 Å². The van der Waals surface area contributed by atoms with Crippen LogP contribution >= 0.6 is 0 Å². The molecule has 2 N–H and O–H groups in total. The fourth-order valence-electron chi connectivity index (χ4n) is 1.52. The normalized spacial score (nSPS) is 10.6. The molecule has 0 spiro atoms. The molecule has 0 aromatic carbocycles. The zero-order chi connectivity index (χ0) is 10.3. The van der Waals surface area contributed by atoms with E-state index in [9.17, 15) is 9.59 Å². The maximum absolute atomic E-state index is 11.6. The number of carbonyl (C=O) groups is 1. The SMILES string of the molecule is Cn1c(C(N)=O)c2ccccn2c1=O. The van der Waals surface area contributed by atoms with Crippen molar-refractivity contribution < 1.29 is 4.79 Å². The second-order valence-corrected chi connectivity index (χ2v) is 3.01. The predicted molar refractivity (Wildman–Crippen MR) is 51.2 cm³/mol. The van der Waals surface area contributed by atoms with E-state index in [-0.39, 0.29) is 11.4 Å². The molecule has 2 aromatic heterocycles. The van der Waals surface area contributed by atoms with Crippen molar-refractivity contribution in [1.29, 1.82) is 0 Å². The summed E-state index contributed by atoms with van der Waals surface area (Å²) in [6, 6.07) is 5.15. The van der Waals surface area contributed by atoms with Crippen molar-refractivity contribution in [3.8, 4) is 0 Å². The molecule has 0 bridgehead atoms. The summed E-state index contributed by atoms with van der Waals surface area (Å²) in [7, 11) is 1.52. The van der Waals surface area contributed by atoms with Gasteiger partial charge in [0.15, 0.2) is 0 Å². The van der Waals surface area contributed by atoms with Crippen LogP contribution in [0, 0.1) is 0 Å². The highest BCUT2D eigenvalue weighted by molar-refractivity contribution is 5.98. The molecule has 5 nitrogen and oxygen atoms in total. The van der Waals surface area contributed by atoms with Gasteiger partial charge in [-0.1, -0.05) is 6.07 Å². The number of fused-ring (bicyclic) bond motifs is 1. The van der Waals surface area contributed by atoms with Gasteiger partial charge in [-0.05, 0) is 12.1 Å². The van der Waals surface area contributed by atoms with Crippen LogP contribution in [0.1, 0.15) is 10.5 Å². The zero-order valence-electron chi connectivity index (χ0n) is 7.60. The molecular weight excluding hydrogens is 182 g/mol. The Kier molecular flexibility index (Phi) is 1.67. The van der Waals surface area contributed by atoms with E-state index in [1.54, 1.807) is 24.4 Å². The number of aromatic nitrogens is 2. The number of imidazole rings is 1. The maximum Gasteiger partial charge on any atom is 0.333 e. The summed E-state index contributed by atoms with van der Waals surface area (Å²) < 4.78 is 2.64. The number of pyridine rings is 1. The first-order valence-electron chi connectivity index (χ1n) is 4.09. The standard InChI is InChI=1S/C9H9N3O2/c1-11-7(8(10)13)6-4-2-3-5-12(6)9(11)14/h2-5H,1H3,(H2,10,13). The number of hydrogen-bond donors (Lipinski definition) is 1. The van der Waals surface area contributed by atoms with Crippen LogP contribution in [0.3, 0.4) is 0 Å². The average Bonchev–Trinajstić information content (AvgIpc) is 2.41. The number of primary amides is 1. The predicted octanol–water partition coefficient (Wildman–Crippen LogP) is -0.263. The van der Waals surface area contributed by atoms with Crippen molar-refractivity contribution in [2.45, 2.75) is 0 Å². The third kappa shape index (κ3) is 0.953. The van der Waals surface area contributed by atoms with Crippen LogP contribution in [0.4, 0.5) is 0 Å². The highest BCUT2D eigenvalue weighted by Crippen LogP contribution is 2.06. The molecule has 0 fully saturated rings. The van der Waals surface area contributed by atoms with Crippen molar-refractivity contribution in [2.75, 3.05) is 0 Å². The van der Waals surface area contributed by atoms with Gasteiger partial charge in [-0.15, -0.1) is 0 Å². The van der Waals surface area contributed by atoms with E-state index >= 15 is 0 Å². The summed E-state index contributed by atoms with van der Waals surface area (Å²) in [5.74, 6) is -0.599. The van der Waals surface area contributed by atoms with Crippen LogP contribution in [-0.2, 0) is 7.05 Å². The zero-order valence-corrected chi connectivity index (χ0v) is 7.60. The first-order chi connectivity index (χ1) is 6.63. The second-order valence-electron chi connectivity index (χ2n) is 3.01. The van der Waals surface area contributed by atoms with Gasteiger partial charge in [0.05, 0.1) is 5.52 Å². The topological polar surface area (TPSA) is 69.5 Å². The lowest BCUT2D eigenvalue weighted by molar-refractivity contribution is 0.0994. The summed E-state index contributed by atoms with van der Waals surface area (Å²) in [6.07, 6.45) is 1.60. The molecule has 72 valence electrons. The minimum absolute atomic E-state index is 0.232. The Hall–Kier alpha value is -2.04. The Morgan fingerprint density at radius 2 is 2.14 bits per heavy atom. The van der Waals surface area contributed by atoms with Gasteiger partial charge in [-0.3, -0.25) is 13.8 Å². The van der Waals surface area contributed by atoms with Gasteiger partial charge in [-0.2, -0.15) is 0 Å². The molecule has 0 aliphatic rings. The van der Waals surface area contributed by atoms with Crippen LogP contribution in [-0.4, -0.2) is 14.9 Å². The third-order valence-corrected chi connectivity index (χ3v) is 2.16. The summed E-state index contributed by atoms with van der Waals surface area (Å²) in [5, 5.41) is 0. The molecule has 0 saturated heterocycles. The average molecular weight is 191 g/mol. The van der Waals surface area contributed by atoms with Crippen molar-refractivity contribution in [3.63, 3.8) is 0 Å². The van der Waals surface area contributed by atoms with Crippen molar-refractivity contribution in [3.05, 3.63) is 40.6 Å². The lowest BCUT2D eigenvalue weighted by Crippen LogP contribution is -2.22. The molecule has 0 aliphatic carbocycles. The van der Waals surface area contributed by atoms with Gasteiger partial charge in [-0.25, -0.2) is 4.79 Å². The van der Waals surface area contributed by atoms with Gasteiger partial charge in [0.2, 0.25) is 0 Å². The largest absolute Gasteiger partial charge is 0.364 e. The van der Waals surface area contributed by atoms with Crippen molar-refractivity contribution >= 4 is 11.4 Å². The number of carbonyl (C=O) groups excluding carboxylic acids is 1. The highest BCUT2D eigenvalue weighted by atomic mass is 16.2. The summed E-state index contributed by atoms with van der Waals surface area (Å²) >= 11 is 0. The summed E-state index contributed by atoms with van der Waals surface area (Å²) in [5.41, 5.74) is 5.68. The maximum atomic E-state index is 11.6. The Morgan fingerprint density at radius 1 is 1.43 bits per heavy atom. The lowest BCUT2D eigenvalue weighted by Gasteiger charge is -1.94. The van der Waals surface area contributed by atoms with Crippen molar-refractivity contribution in [1.82, 2.24) is 8.97 Å². The van der Waals surface area contributed by atoms with Gasteiger partial charge < -0.3 is 5.73 Å². The van der Waals surface area contributed by atoms with Gasteiger partial charge >= 0.3 is 5.69 Å². The molecule has 0 aliphatic heterocycles. The fourth-order valence-corrected chi connectivity index (χ4v) is 1.52. The second kappa shape index (κ2) is 2.73. The Balaban J connectivity index is 3.03. The Bertz CT molecular complexity index is 565.